The summed E-state index contributed by atoms with van der Waals surface area (Å²) in [5, 5.41) is 0. The summed E-state index contributed by atoms with van der Waals surface area (Å²) >= 11 is 0. The number of hydrogen-bond acceptors (Lipinski definition) is 3. The fourth-order valence-electron chi connectivity index (χ4n) is 2.09. The van der Waals surface area contributed by atoms with Crippen molar-refractivity contribution in [2.75, 3.05) is 4.90 Å². The topological polar surface area (TPSA) is 29.5 Å². The van der Waals surface area contributed by atoms with E-state index in [2.05, 4.69) is 0 Å². The van der Waals surface area contributed by atoms with Crippen molar-refractivity contribution in [2.45, 2.75) is 12.6 Å². The summed E-state index contributed by atoms with van der Waals surface area (Å²) in [7, 11) is 0. The van der Waals surface area contributed by atoms with E-state index >= 15 is 0 Å². The van der Waals surface area contributed by atoms with Crippen LogP contribution in [0.3, 0.4) is 0 Å². The molecule has 1 aliphatic heterocycles. The van der Waals surface area contributed by atoms with Gasteiger partial charge in [0.2, 0.25) is 0 Å². The molecule has 0 amide bonds. The van der Waals surface area contributed by atoms with Gasteiger partial charge in [0.25, 0.3) is 0 Å². The third-order valence-electron chi connectivity index (χ3n) is 2.97. The Morgan fingerprint density at radius 1 is 0.889 bits per heavy atom. The smallest absolute Gasteiger partial charge is 0.313 e. The fraction of sp³-hybridized carbons (Fsp3) is 0.133. The first kappa shape index (κ1) is 10.8. The van der Waals surface area contributed by atoms with Crippen LogP contribution in [0.2, 0.25) is 0 Å². The second kappa shape index (κ2) is 4.53. The highest BCUT2D eigenvalue weighted by Gasteiger charge is 2.34. The maximum absolute atomic E-state index is 11.0. The number of anilines is 2. The highest BCUT2D eigenvalue weighted by atomic mass is 16.6. The number of carbonyl (C=O) groups excluding carboxylic acids is 1. The highest BCUT2D eigenvalue weighted by Crippen LogP contribution is 2.32. The Kier molecular flexibility index (Phi) is 2.73. The molecule has 1 saturated heterocycles. The third-order valence-corrected chi connectivity index (χ3v) is 2.97. The van der Waals surface area contributed by atoms with Gasteiger partial charge in [-0.05, 0) is 24.3 Å². The van der Waals surface area contributed by atoms with Crippen molar-refractivity contribution in [3.63, 3.8) is 0 Å². The lowest BCUT2D eigenvalue weighted by molar-refractivity contribution is -0.168. The second-order valence-electron chi connectivity index (χ2n) is 4.19. The van der Waals surface area contributed by atoms with E-state index in [0.29, 0.717) is 6.42 Å². The largest absolute Gasteiger partial charge is 0.440 e. The van der Waals surface area contributed by atoms with E-state index < -0.39 is 0 Å². The van der Waals surface area contributed by atoms with Crippen molar-refractivity contribution in [1.29, 1.82) is 0 Å². The Morgan fingerprint density at radius 3 is 1.72 bits per heavy atom. The van der Waals surface area contributed by atoms with Crippen molar-refractivity contribution in [3.05, 3.63) is 60.7 Å². The van der Waals surface area contributed by atoms with Gasteiger partial charge < -0.3 is 9.64 Å². The molecular weight excluding hydrogens is 226 g/mol. The van der Waals surface area contributed by atoms with E-state index in [-0.39, 0.29) is 12.2 Å². The van der Waals surface area contributed by atoms with Crippen LogP contribution in [0.25, 0.3) is 0 Å². The first-order valence-electron chi connectivity index (χ1n) is 5.93. The number of hydrogen-bond donors (Lipinski definition) is 0. The summed E-state index contributed by atoms with van der Waals surface area (Å²) in [5.74, 6) is -0.142. The van der Waals surface area contributed by atoms with Crippen LogP contribution in [0.4, 0.5) is 11.4 Å². The van der Waals surface area contributed by atoms with Crippen molar-refractivity contribution < 1.29 is 9.53 Å². The number of ether oxygens (including phenoxy) is 1. The molecule has 3 rings (SSSR count). The van der Waals surface area contributed by atoms with Crippen molar-refractivity contribution in [2.24, 2.45) is 0 Å². The van der Waals surface area contributed by atoms with Gasteiger partial charge in [-0.25, -0.2) is 0 Å². The minimum absolute atomic E-state index is 0.142. The number of para-hydroxylation sites is 2. The number of carbonyl (C=O) groups is 1. The summed E-state index contributed by atoms with van der Waals surface area (Å²) in [6, 6.07) is 19.9. The predicted molar refractivity (Wildman–Crippen MR) is 69.5 cm³/mol. The molecule has 18 heavy (non-hydrogen) atoms. The number of rotatable bonds is 3. The Morgan fingerprint density at radius 2 is 1.33 bits per heavy atom. The lowest BCUT2D eigenvalue weighted by atomic mass is 10.1. The zero-order chi connectivity index (χ0) is 12.4. The van der Waals surface area contributed by atoms with Crippen molar-refractivity contribution in [3.8, 4) is 0 Å². The highest BCUT2D eigenvalue weighted by molar-refractivity contribution is 5.78. The summed E-state index contributed by atoms with van der Waals surface area (Å²) in [4.78, 5) is 13.1. The molecule has 1 unspecified atom stereocenters. The lowest BCUT2D eigenvalue weighted by Crippen LogP contribution is -2.45. The molecule has 1 fully saturated rings. The van der Waals surface area contributed by atoms with Gasteiger partial charge in [0.05, 0.1) is 0 Å². The molecule has 0 bridgehead atoms. The van der Waals surface area contributed by atoms with Gasteiger partial charge in [-0.3, -0.25) is 4.79 Å². The molecule has 0 radical (unpaired) electrons. The molecular formula is C15H13NO2. The summed E-state index contributed by atoms with van der Waals surface area (Å²) in [6.45, 7) is 0. The van der Waals surface area contributed by atoms with Gasteiger partial charge in [-0.15, -0.1) is 0 Å². The molecule has 0 N–H and O–H groups in total. The van der Waals surface area contributed by atoms with Crippen molar-refractivity contribution >= 4 is 17.3 Å². The van der Waals surface area contributed by atoms with Crippen molar-refractivity contribution in [1.82, 2.24) is 0 Å². The molecule has 1 aliphatic rings. The summed E-state index contributed by atoms with van der Waals surface area (Å²) in [5.41, 5.74) is 2.06. The van der Waals surface area contributed by atoms with Gasteiger partial charge in [-0.2, -0.15) is 0 Å². The molecule has 3 nitrogen and oxygen atoms in total. The monoisotopic (exact) mass is 239 g/mol. The summed E-state index contributed by atoms with van der Waals surface area (Å²) in [6.07, 6.45) is 0.242. The third kappa shape index (κ3) is 1.95. The molecule has 2 aromatic rings. The standard InChI is InChI=1S/C15H13NO2/c17-15-11-14(18-15)16(12-7-3-1-4-8-12)13-9-5-2-6-10-13/h1-10,14H,11H2. The quantitative estimate of drug-likeness (QED) is 0.771. The molecule has 90 valence electrons. The zero-order valence-electron chi connectivity index (χ0n) is 9.82. The number of nitrogens with zero attached hydrogens (tertiary/aromatic N) is 1. The minimum Gasteiger partial charge on any atom is -0.440 e. The van der Waals surface area contributed by atoms with Crippen LogP contribution in [-0.4, -0.2) is 12.2 Å². The van der Waals surface area contributed by atoms with E-state index in [1.807, 2.05) is 65.6 Å². The van der Waals surface area contributed by atoms with E-state index in [1.54, 1.807) is 0 Å². The molecule has 1 heterocycles. The Labute approximate surface area is 106 Å². The SMILES string of the molecule is O=C1CC(N(c2ccccc2)c2ccccc2)O1. The summed E-state index contributed by atoms with van der Waals surface area (Å²) < 4.78 is 5.20. The Hall–Kier alpha value is -2.29. The van der Waals surface area contributed by atoms with E-state index in [9.17, 15) is 4.79 Å². The van der Waals surface area contributed by atoms with Crippen LogP contribution in [0.1, 0.15) is 6.42 Å². The first-order valence-corrected chi connectivity index (χ1v) is 5.93. The number of benzene rings is 2. The normalized spacial score (nSPS) is 17.8. The van der Waals surface area contributed by atoms with E-state index in [4.69, 9.17) is 4.74 Å². The van der Waals surface area contributed by atoms with Crippen LogP contribution < -0.4 is 4.90 Å². The average Bonchev–Trinajstić information content (AvgIpc) is 2.40. The average molecular weight is 239 g/mol. The lowest BCUT2D eigenvalue weighted by Gasteiger charge is -2.37. The molecule has 3 heteroatoms. The van der Waals surface area contributed by atoms with Crippen LogP contribution >= 0.6 is 0 Å². The van der Waals surface area contributed by atoms with Gasteiger partial charge in [-0.1, -0.05) is 36.4 Å². The fourth-order valence-corrected chi connectivity index (χ4v) is 2.09. The van der Waals surface area contributed by atoms with Crippen LogP contribution in [0.15, 0.2) is 60.7 Å². The number of cyclic esters (lactones) is 1. The molecule has 0 spiro atoms. The Balaban J connectivity index is 1.97. The molecule has 0 saturated carbocycles. The van der Waals surface area contributed by atoms with Gasteiger partial charge in [0.1, 0.15) is 6.42 Å². The second-order valence-corrected chi connectivity index (χ2v) is 4.19. The van der Waals surface area contributed by atoms with E-state index in [0.717, 1.165) is 11.4 Å². The van der Waals surface area contributed by atoms with Crippen LogP contribution in [-0.2, 0) is 9.53 Å². The molecule has 0 aliphatic carbocycles. The van der Waals surface area contributed by atoms with Gasteiger partial charge >= 0.3 is 5.97 Å². The molecule has 0 aromatic heterocycles. The predicted octanol–water partition coefficient (Wildman–Crippen LogP) is 3.10. The zero-order valence-corrected chi connectivity index (χ0v) is 9.82. The van der Waals surface area contributed by atoms with Gasteiger partial charge in [0, 0.05) is 11.4 Å². The van der Waals surface area contributed by atoms with Crippen LogP contribution in [0.5, 0.6) is 0 Å². The molecule has 2 aromatic carbocycles. The Bertz CT molecular complexity index is 491. The van der Waals surface area contributed by atoms with E-state index in [1.165, 1.54) is 0 Å². The molecule has 1 atom stereocenters. The number of esters is 1. The minimum atomic E-state index is -0.192. The maximum atomic E-state index is 11.0. The maximum Gasteiger partial charge on any atom is 0.313 e. The van der Waals surface area contributed by atoms with Crippen LogP contribution in [0, 0.1) is 0 Å². The van der Waals surface area contributed by atoms with Gasteiger partial charge in [0.15, 0.2) is 6.23 Å². The first-order chi connectivity index (χ1) is 8.84.